The van der Waals surface area contributed by atoms with Crippen molar-refractivity contribution in [3.63, 3.8) is 0 Å². The Morgan fingerprint density at radius 1 is 0.469 bits per heavy atom. The molecule has 0 aliphatic carbocycles. The SMILES string of the molecule is Cc1nc(-c2cccc(Sc3ccccc3)c2)nc(-c2cccc(-c3ccccc3)c2)n1. The molecule has 0 saturated heterocycles. The molecule has 0 aliphatic rings. The Morgan fingerprint density at radius 3 is 1.72 bits per heavy atom. The first-order chi connectivity index (χ1) is 15.7. The fourth-order valence-corrected chi connectivity index (χ4v) is 4.43. The second kappa shape index (κ2) is 9.16. The topological polar surface area (TPSA) is 38.7 Å². The number of hydrogen-bond acceptors (Lipinski definition) is 4. The third-order valence-corrected chi connectivity index (χ3v) is 6.04. The fourth-order valence-electron chi connectivity index (χ4n) is 3.53. The molecule has 1 heterocycles. The molecule has 0 spiro atoms. The van der Waals surface area contributed by atoms with Gasteiger partial charge in [0.2, 0.25) is 0 Å². The lowest BCUT2D eigenvalue weighted by molar-refractivity contribution is 0.991. The van der Waals surface area contributed by atoms with E-state index in [1.807, 2.05) is 49.4 Å². The highest BCUT2D eigenvalue weighted by Crippen LogP contribution is 2.31. The Hall–Kier alpha value is -3.76. The third kappa shape index (κ3) is 4.61. The number of hydrogen-bond donors (Lipinski definition) is 0. The Bertz CT molecular complexity index is 1350. The van der Waals surface area contributed by atoms with Gasteiger partial charge in [0.05, 0.1) is 0 Å². The molecule has 154 valence electrons. The normalized spacial score (nSPS) is 10.8. The van der Waals surface area contributed by atoms with Crippen LogP contribution in [0, 0.1) is 6.92 Å². The zero-order chi connectivity index (χ0) is 21.8. The van der Waals surface area contributed by atoms with Crippen molar-refractivity contribution < 1.29 is 0 Å². The van der Waals surface area contributed by atoms with Crippen molar-refractivity contribution in [2.75, 3.05) is 0 Å². The van der Waals surface area contributed by atoms with Crippen molar-refractivity contribution in [3.05, 3.63) is 115 Å². The van der Waals surface area contributed by atoms with Crippen molar-refractivity contribution in [3.8, 4) is 33.9 Å². The second-order valence-corrected chi connectivity index (χ2v) is 8.57. The van der Waals surface area contributed by atoms with Gasteiger partial charge < -0.3 is 0 Å². The predicted molar refractivity (Wildman–Crippen MR) is 131 cm³/mol. The minimum atomic E-state index is 0.686. The number of aromatic nitrogens is 3. The average Bonchev–Trinajstić information content (AvgIpc) is 2.85. The lowest BCUT2D eigenvalue weighted by Gasteiger charge is -2.09. The molecule has 5 rings (SSSR count). The third-order valence-electron chi connectivity index (χ3n) is 5.05. The highest BCUT2D eigenvalue weighted by molar-refractivity contribution is 7.99. The summed E-state index contributed by atoms with van der Waals surface area (Å²) in [6, 6.07) is 37.4. The zero-order valence-electron chi connectivity index (χ0n) is 17.6. The van der Waals surface area contributed by atoms with Crippen LogP contribution in [0.1, 0.15) is 5.82 Å². The Kier molecular flexibility index (Phi) is 5.77. The zero-order valence-corrected chi connectivity index (χ0v) is 18.5. The van der Waals surface area contributed by atoms with Gasteiger partial charge >= 0.3 is 0 Å². The van der Waals surface area contributed by atoms with Crippen molar-refractivity contribution in [2.24, 2.45) is 0 Å². The molecule has 0 unspecified atom stereocenters. The number of aryl methyl sites for hydroxylation is 1. The van der Waals surface area contributed by atoms with Crippen molar-refractivity contribution in [2.45, 2.75) is 16.7 Å². The van der Waals surface area contributed by atoms with Crippen LogP contribution in [0.5, 0.6) is 0 Å². The summed E-state index contributed by atoms with van der Waals surface area (Å²) in [5, 5.41) is 0. The molecule has 4 aromatic carbocycles. The first-order valence-electron chi connectivity index (χ1n) is 10.5. The van der Waals surface area contributed by atoms with E-state index in [-0.39, 0.29) is 0 Å². The van der Waals surface area contributed by atoms with Gasteiger partial charge in [0, 0.05) is 20.9 Å². The maximum atomic E-state index is 4.83. The summed E-state index contributed by atoms with van der Waals surface area (Å²) in [6.45, 7) is 1.91. The maximum absolute atomic E-state index is 4.83. The molecule has 0 aliphatic heterocycles. The lowest BCUT2D eigenvalue weighted by atomic mass is 10.0. The van der Waals surface area contributed by atoms with Gasteiger partial charge in [-0.3, -0.25) is 0 Å². The molecule has 0 N–H and O–H groups in total. The highest BCUT2D eigenvalue weighted by atomic mass is 32.2. The molecule has 3 nitrogen and oxygen atoms in total. The van der Waals surface area contributed by atoms with E-state index in [0.29, 0.717) is 17.5 Å². The smallest absolute Gasteiger partial charge is 0.163 e. The van der Waals surface area contributed by atoms with E-state index in [1.54, 1.807) is 11.8 Å². The second-order valence-electron chi connectivity index (χ2n) is 7.42. The van der Waals surface area contributed by atoms with E-state index < -0.39 is 0 Å². The van der Waals surface area contributed by atoms with Gasteiger partial charge in [0.15, 0.2) is 11.6 Å². The standard InChI is InChI=1S/C28H21N3S/c1-20-29-27(23-13-8-12-22(18-23)21-10-4-2-5-11-21)31-28(30-20)24-14-9-17-26(19-24)32-25-15-6-3-7-16-25/h2-19H,1H3. The summed E-state index contributed by atoms with van der Waals surface area (Å²) in [5.74, 6) is 2.08. The van der Waals surface area contributed by atoms with Gasteiger partial charge in [-0.25, -0.2) is 15.0 Å². The van der Waals surface area contributed by atoms with E-state index in [0.717, 1.165) is 21.6 Å². The van der Waals surface area contributed by atoms with Crippen LogP contribution in [0.2, 0.25) is 0 Å². The summed E-state index contributed by atoms with van der Waals surface area (Å²) in [6.07, 6.45) is 0. The summed E-state index contributed by atoms with van der Waals surface area (Å²) in [5.41, 5.74) is 4.28. The van der Waals surface area contributed by atoms with Gasteiger partial charge in [-0.15, -0.1) is 0 Å². The quantitative estimate of drug-likeness (QED) is 0.292. The summed E-state index contributed by atoms with van der Waals surface area (Å²) in [7, 11) is 0. The number of rotatable bonds is 5. The van der Waals surface area contributed by atoms with Crippen LogP contribution in [0.25, 0.3) is 33.9 Å². The van der Waals surface area contributed by atoms with E-state index in [1.165, 1.54) is 10.5 Å². The molecule has 0 bridgehead atoms. The molecule has 0 radical (unpaired) electrons. The van der Waals surface area contributed by atoms with Crippen LogP contribution in [0.4, 0.5) is 0 Å². The van der Waals surface area contributed by atoms with Crippen LogP contribution in [0.15, 0.2) is 119 Å². The first-order valence-corrected chi connectivity index (χ1v) is 11.3. The van der Waals surface area contributed by atoms with E-state index in [2.05, 4.69) is 76.7 Å². The van der Waals surface area contributed by atoms with Crippen molar-refractivity contribution in [1.82, 2.24) is 15.0 Å². The molecule has 1 aromatic heterocycles. The first kappa shape index (κ1) is 20.2. The van der Waals surface area contributed by atoms with Gasteiger partial charge in [-0.05, 0) is 48.4 Å². The number of benzene rings is 4. The van der Waals surface area contributed by atoms with Crippen LogP contribution < -0.4 is 0 Å². The van der Waals surface area contributed by atoms with E-state index >= 15 is 0 Å². The van der Waals surface area contributed by atoms with Crippen LogP contribution >= 0.6 is 11.8 Å². The van der Waals surface area contributed by atoms with Crippen LogP contribution in [-0.4, -0.2) is 15.0 Å². The van der Waals surface area contributed by atoms with Gasteiger partial charge in [0.1, 0.15) is 5.82 Å². The molecular weight excluding hydrogens is 410 g/mol. The van der Waals surface area contributed by atoms with Crippen LogP contribution in [0.3, 0.4) is 0 Å². The van der Waals surface area contributed by atoms with Crippen LogP contribution in [-0.2, 0) is 0 Å². The minimum absolute atomic E-state index is 0.686. The Balaban J connectivity index is 1.50. The maximum Gasteiger partial charge on any atom is 0.163 e. The molecule has 5 aromatic rings. The molecule has 0 fully saturated rings. The summed E-state index contributed by atoms with van der Waals surface area (Å²) in [4.78, 5) is 16.4. The highest BCUT2D eigenvalue weighted by Gasteiger charge is 2.10. The van der Waals surface area contributed by atoms with E-state index in [4.69, 9.17) is 4.98 Å². The Labute approximate surface area is 192 Å². The largest absolute Gasteiger partial charge is 0.213 e. The molecule has 0 saturated carbocycles. The molecule has 0 atom stereocenters. The van der Waals surface area contributed by atoms with Crippen molar-refractivity contribution >= 4 is 11.8 Å². The molecular formula is C28H21N3S. The fraction of sp³-hybridized carbons (Fsp3) is 0.0357. The van der Waals surface area contributed by atoms with Gasteiger partial charge in [0.25, 0.3) is 0 Å². The lowest BCUT2D eigenvalue weighted by Crippen LogP contribution is -1.99. The average molecular weight is 432 g/mol. The van der Waals surface area contributed by atoms with E-state index in [9.17, 15) is 0 Å². The minimum Gasteiger partial charge on any atom is -0.213 e. The predicted octanol–water partition coefficient (Wildman–Crippen LogP) is 7.33. The molecule has 4 heteroatoms. The summed E-state index contributed by atoms with van der Waals surface area (Å²) < 4.78 is 0. The molecule has 32 heavy (non-hydrogen) atoms. The van der Waals surface area contributed by atoms with Gasteiger partial charge in [-0.1, -0.05) is 90.6 Å². The molecule has 0 amide bonds. The monoisotopic (exact) mass is 431 g/mol. The summed E-state index contributed by atoms with van der Waals surface area (Å²) >= 11 is 1.73. The van der Waals surface area contributed by atoms with Gasteiger partial charge in [-0.2, -0.15) is 0 Å². The Morgan fingerprint density at radius 2 is 1.00 bits per heavy atom. The number of nitrogens with zero attached hydrogens (tertiary/aromatic N) is 3. The van der Waals surface area contributed by atoms with Crippen molar-refractivity contribution in [1.29, 1.82) is 0 Å².